The quantitative estimate of drug-likeness (QED) is 0.457. The number of hydrogen-bond acceptors (Lipinski definition) is 5. The normalized spacial score (nSPS) is 10.2. The van der Waals surface area contributed by atoms with Gasteiger partial charge in [0.15, 0.2) is 6.61 Å². The van der Waals surface area contributed by atoms with E-state index in [1.807, 2.05) is 0 Å². The fourth-order valence-corrected chi connectivity index (χ4v) is 2.50. The van der Waals surface area contributed by atoms with Gasteiger partial charge in [-0.25, -0.2) is 4.79 Å². The van der Waals surface area contributed by atoms with Crippen molar-refractivity contribution < 1.29 is 23.8 Å². The van der Waals surface area contributed by atoms with E-state index < -0.39 is 0 Å². The Hall–Kier alpha value is -3.02. The summed E-state index contributed by atoms with van der Waals surface area (Å²) in [6.45, 7) is 2.44. The molecule has 0 aliphatic rings. The molecule has 1 N–H and O–H groups in total. The molecule has 0 bridgehead atoms. The molecule has 0 aliphatic carbocycles. The van der Waals surface area contributed by atoms with Crippen LogP contribution in [0.15, 0.2) is 48.5 Å². The summed E-state index contributed by atoms with van der Waals surface area (Å²) in [6.07, 6.45) is 4.23. The van der Waals surface area contributed by atoms with Gasteiger partial charge in [0.05, 0.1) is 19.3 Å². The number of carbonyl (C=O) groups is 2. The van der Waals surface area contributed by atoms with Gasteiger partial charge in [-0.05, 0) is 42.8 Å². The van der Waals surface area contributed by atoms with Crippen LogP contribution in [0, 0.1) is 0 Å². The van der Waals surface area contributed by atoms with Crippen LogP contribution in [-0.4, -0.2) is 32.2 Å². The van der Waals surface area contributed by atoms with Crippen molar-refractivity contribution in [1.82, 2.24) is 0 Å². The zero-order chi connectivity index (χ0) is 20.2. The molecular weight excluding hydrogens is 358 g/mol. The average Bonchev–Trinajstić information content (AvgIpc) is 2.72. The molecule has 0 aromatic heterocycles. The van der Waals surface area contributed by atoms with Crippen LogP contribution in [0.3, 0.4) is 0 Å². The molecule has 2 rings (SSSR count). The summed E-state index contributed by atoms with van der Waals surface area (Å²) in [6, 6.07) is 13.6. The molecule has 2 aromatic carbocycles. The summed E-state index contributed by atoms with van der Waals surface area (Å²) in [5, 5.41) is 2.73. The number of unbranched alkanes of at least 4 members (excludes halogenated alkanes) is 3. The third-order valence-corrected chi connectivity index (χ3v) is 4.05. The van der Waals surface area contributed by atoms with E-state index in [0.717, 1.165) is 25.7 Å². The number of methoxy groups -OCH3 is 1. The summed E-state index contributed by atoms with van der Waals surface area (Å²) in [4.78, 5) is 24.0. The molecule has 0 spiro atoms. The first-order valence-electron chi connectivity index (χ1n) is 9.46. The van der Waals surface area contributed by atoms with Gasteiger partial charge in [-0.2, -0.15) is 0 Å². The Morgan fingerprint density at radius 1 is 0.964 bits per heavy atom. The van der Waals surface area contributed by atoms with Gasteiger partial charge in [-0.1, -0.05) is 32.3 Å². The molecule has 0 unspecified atom stereocenters. The monoisotopic (exact) mass is 385 g/mol. The first-order chi connectivity index (χ1) is 13.6. The molecule has 28 heavy (non-hydrogen) atoms. The molecular formula is C22H27NO5. The minimum atomic E-state index is -0.351. The summed E-state index contributed by atoms with van der Waals surface area (Å²) in [7, 11) is 1.57. The van der Waals surface area contributed by atoms with Crippen molar-refractivity contribution in [3.05, 3.63) is 54.1 Å². The molecule has 2 aromatic rings. The smallest absolute Gasteiger partial charge is 0.338 e. The van der Waals surface area contributed by atoms with E-state index in [4.69, 9.17) is 14.2 Å². The van der Waals surface area contributed by atoms with Crippen molar-refractivity contribution in [3.63, 3.8) is 0 Å². The van der Waals surface area contributed by atoms with Crippen molar-refractivity contribution in [2.24, 2.45) is 0 Å². The molecule has 0 fully saturated rings. The van der Waals surface area contributed by atoms with E-state index in [-0.39, 0.29) is 18.5 Å². The van der Waals surface area contributed by atoms with Crippen LogP contribution in [0.2, 0.25) is 0 Å². The molecule has 0 heterocycles. The first kappa shape index (κ1) is 21.3. The van der Waals surface area contributed by atoms with Crippen LogP contribution in [0.25, 0.3) is 0 Å². The van der Waals surface area contributed by atoms with Crippen LogP contribution in [0.4, 0.5) is 5.69 Å². The van der Waals surface area contributed by atoms with Crippen molar-refractivity contribution in [3.8, 4) is 11.5 Å². The Labute approximate surface area is 165 Å². The first-order valence-corrected chi connectivity index (χ1v) is 9.46. The van der Waals surface area contributed by atoms with Gasteiger partial charge in [0.1, 0.15) is 11.5 Å². The maximum Gasteiger partial charge on any atom is 0.338 e. The number of amides is 1. The second-order valence-corrected chi connectivity index (χ2v) is 6.29. The number of nitrogens with one attached hydrogen (secondary N) is 1. The largest absolute Gasteiger partial charge is 0.497 e. The highest BCUT2D eigenvalue weighted by molar-refractivity contribution is 5.93. The summed E-state index contributed by atoms with van der Waals surface area (Å²) < 4.78 is 15.8. The second-order valence-electron chi connectivity index (χ2n) is 6.29. The lowest BCUT2D eigenvalue weighted by molar-refractivity contribution is -0.118. The molecule has 0 saturated heterocycles. The van der Waals surface area contributed by atoms with Gasteiger partial charge in [0.2, 0.25) is 0 Å². The zero-order valence-corrected chi connectivity index (χ0v) is 16.4. The molecule has 0 atom stereocenters. The number of ether oxygens (including phenoxy) is 3. The Kier molecular flexibility index (Phi) is 8.85. The maximum absolute atomic E-state index is 12.0. The Morgan fingerprint density at radius 2 is 1.71 bits per heavy atom. The van der Waals surface area contributed by atoms with Gasteiger partial charge in [-0.15, -0.1) is 0 Å². The molecule has 6 nitrogen and oxygen atoms in total. The van der Waals surface area contributed by atoms with Crippen LogP contribution >= 0.6 is 0 Å². The number of benzene rings is 2. The predicted octanol–water partition coefficient (Wildman–Crippen LogP) is 4.45. The summed E-state index contributed by atoms with van der Waals surface area (Å²) in [5.41, 5.74) is 1.04. The van der Waals surface area contributed by atoms with E-state index in [2.05, 4.69) is 12.2 Å². The zero-order valence-electron chi connectivity index (χ0n) is 16.4. The molecule has 1 amide bonds. The topological polar surface area (TPSA) is 73.9 Å². The minimum absolute atomic E-state index is 0.130. The third kappa shape index (κ3) is 7.31. The van der Waals surface area contributed by atoms with E-state index in [1.54, 1.807) is 55.6 Å². The molecule has 0 saturated carbocycles. The van der Waals surface area contributed by atoms with Crippen LogP contribution in [-0.2, 0) is 9.53 Å². The van der Waals surface area contributed by atoms with E-state index >= 15 is 0 Å². The lowest BCUT2D eigenvalue weighted by atomic mass is 10.2. The van der Waals surface area contributed by atoms with Gasteiger partial charge < -0.3 is 19.5 Å². The molecule has 150 valence electrons. The van der Waals surface area contributed by atoms with Gasteiger partial charge in [-0.3, -0.25) is 4.79 Å². The number of carbonyl (C=O) groups excluding carboxylic acids is 2. The second kappa shape index (κ2) is 11.6. The third-order valence-electron chi connectivity index (χ3n) is 4.05. The van der Waals surface area contributed by atoms with Crippen molar-refractivity contribution in [2.75, 3.05) is 25.6 Å². The lowest BCUT2D eigenvalue weighted by Crippen LogP contribution is -2.20. The summed E-state index contributed by atoms with van der Waals surface area (Å²) in [5.74, 6) is 0.557. The minimum Gasteiger partial charge on any atom is -0.497 e. The highest BCUT2D eigenvalue weighted by Crippen LogP contribution is 2.19. The Balaban J connectivity index is 1.76. The van der Waals surface area contributed by atoms with Gasteiger partial charge in [0, 0.05) is 11.8 Å². The maximum atomic E-state index is 12.0. The number of anilines is 1. The number of hydrogen-bond donors (Lipinski definition) is 1. The highest BCUT2D eigenvalue weighted by Gasteiger charge is 2.08. The van der Waals surface area contributed by atoms with E-state index in [0.29, 0.717) is 29.4 Å². The predicted molar refractivity (Wildman–Crippen MR) is 108 cm³/mol. The van der Waals surface area contributed by atoms with E-state index in [9.17, 15) is 9.59 Å². The average molecular weight is 385 g/mol. The van der Waals surface area contributed by atoms with Crippen molar-refractivity contribution in [1.29, 1.82) is 0 Å². The van der Waals surface area contributed by atoms with E-state index in [1.165, 1.54) is 0 Å². The number of esters is 1. The molecule has 0 radical (unpaired) electrons. The van der Waals surface area contributed by atoms with Gasteiger partial charge >= 0.3 is 5.97 Å². The Bertz CT molecular complexity index is 758. The fraction of sp³-hybridized carbons (Fsp3) is 0.364. The Morgan fingerprint density at radius 3 is 2.43 bits per heavy atom. The highest BCUT2D eigenvalue weighted by atomic mass is 16.5. The van der Waals surface area contributed by atoms with Crippen molar-refractivity contribution in [2.45, 2.75) is 32.6 Å². The fourth-order valence-electron chi connectivity index (χ4n) is 2.50. The van der Waals surface area contributed by atoms with Crippen LogP contribution in [0.1, 0.15) is 43.0 Å². The SMILES string of the molecule is CCCCCCOC(=O)c1ccc(NC(=O)COc2cccc(OC)c2)cc1. The number of rotatable bonds is 11. The van der Waals surface area contributed by atoms with Gasteiger partial charge in [0.25, 0.3) is 5.91 Å². The van der Waals surface area contributed by atoms with Crippen molar-refractivity contribution >= 4 is 17.6 Å². The summed E-state index contributed by atoms with van der Waals surface area (Å²) >= 11 is 0. The standard InChI is InChI=1S/C22H27NO5/c1-3-4-5-6-14-27-22(25)17-10-12-18(13-11-17)23-21(24)16-28-20-9-7-8-19(15-20)26-2/h7-13,15H,3-6,14,16H2,1-2H3,(H,23,24). The lowest BCUT2D eigenvalue weighted by Gasteiger charge is -2.09. The molecule has 6 heteroatoms. The molecule has 0 aliphatic heterocycles. The van der Waals surface area contributed by atoms with Crippen LogP contribution in [0.5, 0.6) is 11.5 Å². The van der Waals surface area contributed by atoms with Crippen LogP contribution < -0.4 is 14.8 Å².